The van der Waals surface area contributed by atoms with Gasteiger partial charge in [0, 0.05) is 39.6 Å². The fraction of sp³-hybridized carbons (Fsp3) is 0.467. The molecule has 3 aromatic rings. The molecule has 6 aliphatic carbocycles. The Balaban J connectivity index is 1.16. The predicted octanol–water partition coefficient (Wildman–Crippen LogP) is 9.10. The molecule has 8 nitrogen and oxygen atoms in total. The molecule has 3 saturated carbocycles. The molecule has 3 N–H and O–H groups in total. The minimum Gasteiger partial charge on any atom is -0.497 e. The third-order valence-electron chi connectivity index (χ3n) is 14.6. The molecule has 3 fully saturated rings. The fourth-order valence-corrected chi connectivity index (χ4v) is 11.8. The summed E-state index contributed by atoms with van der Waals surface area (Å²) in [6.07, 6.45) is 5.85. The topological polar surface area (TPSA) is 108 Å². The molecule has 2 spiro atoms. The summed E-state index contributed by atoms with van der Waals surface area (Å²) < 4.78 is 48.2. The molecule has 0 radical (unpaired) electrons. The highest BCUT2D eigenvalue weighted by molar-refractivity contribution is 6.10. The van der Waals surface area contributed by atoms with Gasteiger partial charge in [-0.05, 0) is 116 Å². The molecule has 6 aliphatic rings. The number of rotatable bonds is 9. The lowest BCUT2D eigenvalue weighted by molar-refractivity contribution is -0.274. The number of hydrogen-bond acceptors (Lipinski definition) is 6. The van der Waals surface area contributed by atoms with Crippen molar-refractivity contribution in [1.82, 2.24) is 4.90 Å². The monoisotopic (exact) mass is 770 g/mol. The van der Waals surface area contributed by atoms with Gasteiger partial charge in [0.25, 0.3) is 0 Å². The summed E-state index contributed by atoms with van der Waals surface area (Å²) in [4.78, 5) is 30.6. The Labute approximate surface area is 325 Å². The summed E-state index contributed by atoms with van der Waals surface area (Å²) in [6, 6.07) is 21.1. The Morgan fingerprint density at radius 2 is 1.50 bits per heavy atom. The predicted molar refractivity (Wildman–Crippen MR) is 205 cm³/mol. The van der Waals surface area contributed by atoms with Crippen molar-refractivity contribution in [3.05, 3.63) is 114 Å². The van der Waals surface area contributed by atoms with Gasteiger partial charge in [-0.2, -0.15) is 0 Å². The number of methoxy groups -OCH3 is 1. The number of urea groups is 1. The van der Waals surface area contributed by atoms with E-state index < -0.39 is 40.3 Å². The molecule has 1 unspecified atom stereocenters. The standard InChI is InChI=1S/C45H49F3N2O6/c1-40-20-17-32(51)25-42(40)23-24-44(35(26-42)38(52)30-11-15-33(55-3)16-12-30)36(40)18-21-41(2)37(44)19-22-43(41,54)28-50(39(53)49-31-7-5-4-6-8-31)27-29-9-13-34(14-10-29)56-45(46,47)48/h4-16,23-24,26,32,36-37,51,54H,17-22,25,27-28H2,1-3H3,(H,49,53)/t32?,36-,37-,40-,41+,42+,43-,44-/m1/s1. The lowest BCUT2D eigenvalue weighted by atomic mass is 9.32. The number of carbonyl (C=O) groups excluding carboxylic acids is 2. The summed E-state index contributed by atoms with van der Waals surface area (Å²) in [7, 11) is 1.59. The van der Waals surface area contributed by atoms with Crippen LogP contribution in [-0.2, 0) is 6.54 Å². The molecule has 11 heteroatoms. The molecule has 8 atom stereocenters. The van der Waals surface area contributed by atoms with Crippen LogP contribution in [0.5, 0.6) is 11.5 Å². The second kappa shape index (κ2) is 13.5. The maximum atomic E-state index is 14.9. The molecule has 56 heavy (non-hydrogen) atoms. The van der Waals surface area contributed by atoms with Crippen LogP contribution in [0.25, 0.3) is 0 Å². The Bertz CT molecular complexity index is 2050. The van der Waals surface area contributed by atoms with Gasteiger partial charge >= 0.3 is 12.4 Å². The number of allylic oxidation sites excluding steroid dienone is 4. The zero-order valence-corrected chi connectivity index (χ0v) is 31.9. The van der Waals surface area contributed by atoms with E-state index in [4.69, 9.17) is 4.74 Å². The van der Waals surface area contributed by atoms with Crippen molar-refractivity contribution in [3.8, 4) is 11.5 Å². The molecule has 9 rings (SSSR count). The van der Waals surface area contributed by atoms with E-state index >= 15 is 0 Å². The number of carbonyl (C=O) groups is 2. The van der Waals surface area contributed by atoms with E-state index in [2.05, 4.69) is 42.1 Å². The number of hydrogen-bond donors (Lipinski definition) is 3. The zero-order chi connectivity index (χ0) is 39.7. The number of nitrogens with one attached hydrogen (secondary N) is 1. The number of amides is 2. The van der Waals surface area contributed by atoms with E-state index in [-0.39, 0.29) is 41.9 Å². The van der Waals surface area contributed by atoms with Crippen LogP contribution in [0.2, 0.25) is 0 Å². The zero-order valence-electron chi connectivity index (χ0n) is 31.9. The van der Waals surface area contributed by atoms with Gasteiger partial charge in [-0.25, -0.2) is 4.79 Å². The van der Waals surface area contributed by atoms with Crippen LogP contribution in [-0.4, -0.2) is 58.6 Å². The van der Waals surface area contributed by atoms with E-state index in [9.17, 15) is 33.0 Å². The molecule has 2 bridgehead atoms. The van der Waals surface area contributed by atoms with Crippen molar-refractivity contribution in [1.29, 1.82) is 0 Å². The number of ether oxygens (including phenoxy) is 2. The largest absolute Gasteiger partial charge is 0.573 e. The third kappa shape index (κ3) is 6.04. The smallest absolute Gasteiger partial charge is 0.497 e. The lowest BCUT2D eigenvalue weighted by Crippen LogP contribution is -2.67. The molecule has 0 aliphatic heterocycles. The van der Waals surface area contributed by atoms with E-state index in [0.29, 0.717) is 54.7 Å². The summed E-state index contributed by atoms with van der Waals surface area (Å²) in [5.41, 5.74) is -1.09. The van der Waals surface area contributed by atoms with Crippen molar-refractivity contribution >= 4 is 17.5 Å². The van der Waals surface area contributed by atoms with Gasteiger partial charge in [-0.3, -0.25) is 4.79 Å². The number of nitrogens with zero attached hydrogens (tertiary/aromatic N) is 1. The molecule has 0 saturated heterocycles. The molecular formula is C45H49F3N2O6. The van der Waals surface area contributed by atoms with Gasteiger partial charge in [-0.1, -0.05) is 62.4 Å². The number of Topliss-reactive ketones (excluding diaryl/α,β-unsaturated/α-hetero) is 1. The van der Waals surface area contributed by atoms with Crippen molar-refractivity contribution in [2.24, 2.45) is 33.5 Å². The number of alkyl halides is 3. The number of para-hydroxylation sites is 1. The van der Waals surface area contributed by atoms with Crippen molar-refractivity contribution in [3.63, 3.8) is 0 Å². The van der Waals surface area contributed by atoms with E-state index in [0.717, 1.165) is 18.4 Å². The van der Waals surface area contributed by atoms with Gasteiger partial charge in [0.1, 0.15) is 11.5 Å². The number of anilines is 1. The fourth-order valence-electron chi connectivity index (χ4n) is 11.8. The van der Waals surface area contributed by atoms with Crippen molar-refractivity contribution in [2.75, 3.05) is 19.0 Å². The first-order valence-corrected chi connectivity index (χ1v) is 19.5. The van der Waals surface area contributed by atoms with E-state index in [1.165, 1.54) is 29.2 Å². The molecule has 296 valence electrons. The maximum absolute atomic E-state index is 14.9. The Kier molecular flexibility index (Phi) is 9.23. The van der Waals surface area contributed by atoms with Crippen LogP contribution in [0.4, 0.5) is 23.7 Å². The van der Waals surface area contributed by atoms with Gasteiger partial charge in [0.2, 0.25) is 0 Å². The van der Waals surface area contributed by atoms with Crippen LogP contribution in [0, 0.1) is 33.5 Å². The normalized spacial score (nSPS) is 34.1. The maximum Gasteiger partial charge on any atom is 0.573 e. The Hall–Kier alpha value is -4.61. The number of aliphatic hydroxyl groups is 2. The minimum atomic E-state index is -4.84. The highest BCUT2D eigenvalue weighted by Gasteiger charge is 2.74. The summed E-state index contributed by atoms with van der Waals surface area (Å²) >= 11 is 0. The Morgan fingerprint density at radius 1 is 0.857 bits per heavy atom. The molecular weight excluding hydrogens is 721 g/mol. The van der Waals surface area contributed by atoms with Gasteiger partial charge in [0.05, 0.1) is 25.4 Å². The van der Waals surface area contributed by atoms with Crippen molar-refractivity contribution < 1.29 is 42.4 Å². The van der Waals surface area contributed by atoms with Crippen LogP contribution >= 0.6 is 0 Å². The highest BCUT2D eigenvalue weighted by atomic mass is 19.4. The molecule has 2 amide bonds. The molecule has 3 aromatic carbocycles. The number of halogens is 3. The van der Waals surface area contributed by atoms with Gasteiger partial charge in [-0.15, -0.1) is 13.2 Å². The van der Waals surface area contributed by atoms with Crippen molar-refractivity contribution in [2.45, 2.75) is 83.4 Å². The first-order chi connectivity index (χ1) is 26.5. The summed E-state index contributed by atoms with van der Waals surface area (Å²) in [5, 5.41) is 27.1. The van der Waals surface area contributed by atoms with Crippen LogP contribution in [0.15, 0.2) is 103 Å². The second-order valence-electron chi connectivity index (χ2n) is 17.2. The first-order valence-electron chi connectivity index (χ1n) is 19.5. The average molecular weight is 771 g/mol. The van der Waals surface area contributed by atoms with Crippen LogP contribution in [0.1, 0.15) is 74.7 Å². The quantitative estimate of drug-likeness (QED) is 0.148. The molecule has 0 heterocycles. The first kappa shape index (κ1) is 38.3. The number of fused-ring (bicyclic) bond motifs is 1. The number of benzene rings is 3. The van der Waals surface area contributed by atoms with Gasteiger partial charge in [0.15, 0.2) is 5.78 Å². The van der Waals surface area contributed by atoms with Crippen LogP contribution < -0.4 is 14.8 Å². The lowest BCUT2D eigenvalue weighted by Gasteiger charge is -2.71. The average Bonchev–Trinajstić information content (AvgIpc) is 3.44. The van der Waals surface area contributed by atoms with Crippen LogP contribution in [0.3, 0.4) is 0 Å². The Morgan fingerprint density at radius 3 is 2.18 bits per heavy atom. The van der Waals surface area contributed by atoms with Gasteiger partial charge < -0.3 is 29.9 Å². The molecule has 0 aromatic heterocycles. The summed E-state index contributed by atoms with van der Waals surface area (Å²) in [5.74, 6) is 0.155. The number of ketones is 1. The van der Waals surface area contributed by atoms with E-state index in [1.54, 1.807) is 55.6 Å². The highest BCUT2D eigenvalue weighted by Crippen LogP contribution is 2.78. The SMILES string of the molecule is COc1ccc(C(=O)C2=C[C@@]34C=C[C@@]25[C@@H]2CC[C@@](O)(CN(Cc6ccc(OC(F)(F)F)cc6)C(=O)Nc6ccccc6)[C@@]2(C)CC[C@@H]5[C@@]3(C)CCC(O)C4)cc1. The number of aliphatic hydroxyl groups excluding tert-OH is 1. The third-order valence-corrected chi connectivity index (χ3v) is 14.6. The summed E-state index contributed by atoms with van der Waals surface area (Å²) in [6.45, 7) is 4.42. The minimum absolute atomic E-state index is 0.0196. The second-order valence-corrected chi connectivity index (χ2v) is 17.2. The van der Waals surface area contributed by atoms with E-state index in [1.807, 2.05) is 6.07 Å².